The lowest BCUT2D eigenvalue weighted by atomic mass is 10.1. The van der Waals surface area contributed by atoms with Crippen molar-refractivity contribution in [3.63, 3.8) is 0 Å². The van der Waals surface area contributed by atoms with E-state index in [9.17, 15) is 4.79 Å². The van der Waals surface area contributed by atoms with Crippen LogP contribution in [0.2, 0.25) is 0 Å². The molecule has 1 aromatic carbocycles. The van der Waals surface area contributed by atoms with Gasteiger partial charge >= 0.3 is 0 Å². The predicted molar refractivity (Wildman–Crippen MR) is 78.4 cm³/mol. The summed E-state index contributed by atoms with van der Waals surface area (Å²) in [6.07, 6.45) is 1.82. The van der Waals surface area contributed by atoms with Gasteiger partial charge < -0.3 is 9.64 Å². The molecule has 3 nitrogen and oxygen atoms in total. The Kier molecular flexibility index (Phi) is 6.09. The summed E-state index contributed by atoms with van der Waals surface area (Å²) in [6.45, 7) is 7.35. The number of carbonyl (C=O) groups excluding carboxylic acids is 1. The number of hydrogen-bond donors (Lipinski definition) is 0. The summed E-state index contributed by atoms with van der Waals surface area (Å²) in [5.74, 6) is 0.0535. The minimum Gasteiger partial charge on any atom is -0.383 e. The van der Waals surface area contributed by atoms with Crippen molar-refractivity contribution in [2.75, 3.05) is 31.7 Å². The maximum Gasteiger partial charge on any atom is 0.161 e. The smallest absolute Gasteiger partial charge is 0.161 e. The van der Waals surface area contributed by atoms with Crippen molar-refractivity contribution in [2.24, 2.45) is 0 Å². The van der Waals surface area contributed by atoms with E-state index < -0.39 is 0 Å². The highest BCUT2D eigenvalue weighted by Crippen LogP contribution is 2.25. The molecule has 4 heteroatoms. The largest absolute Gasteiger partial charge is 0.383 e. The molecule has 0 atom stereocenters. The molecule has 0 unspecified atom stereocenters. The number of hydrogen-bond acceptors (Lipinski definition) is 3. The minimum absolute atomic E-state index is 0.0535. The van der Waals surface area contributed by atoms with Gasteiger partial charge in [0.15, 0.2) is 5.78 Å². The number of ether oxygens (including phenoxy) is 1. The number of nitrogens with zero attached hydrogens (tertiary/aromatic N) is 1. The van der Waals surface area contributed by atoms with Crippen LogP contribution in [0, 0.1) is 0 Å². The van der Waals surface area contributed by atoms with Crippen LogP contribution >= 0.6 is 15.9 Å². The highest BCUT2D eigenvalue weighted by atomic mass is 79.9. The van der Waals surface area contributed by atoms with Gasteiger partial charge in [0.2, 0.25) is 0 Å². The van der Waals surface area contributed by atoms with E-state index in [0.717, 1.165) is 16.7 Å². The molecule has 0 radical (unpaired) electrons. The van der Waals surface area contributed by atoms with Gasteiger partial charge in [-0.3, -0.25) is 4.79 Å². The monoisotopic (exact) mass is 311 g/mol. The maximum absolute atomic E-state index is 11.7. The normalized spacial score (nSPS) is 10.2. The molecule has 1 rings (SSSR count). The molecule has 0 saturated carbocycles. The van der Waals surface area contributed by atoms with Crippen molar-refractivity contribution in [1.82, 2.24) is 0 Å². The fourth-order valence-corrected chi connectivity index (χ4v) is 2.09. The zero-order chi connectivity index (χ0) is 13.5. The van der Waals surface area contributed by atoms with Crippen molar-refractivity contribution < 1.29 is 9.53 Å². The Bertz CT molecular complexity index is 432. The summed E-state index contributed by atoms with van der Waals surface area (Å²) < 4.78 is 6.00. The van der Waals surface area contributed by atoms with E-state index in [4.69, 9.17) is 4.74 Å². The molecule has 1 aromatic rings. The van der Waals surface area contributed by atoms with Crippen LogP contribution in [0.4, 0.5) is 5.69 Å². The van der Waals surface area contributed by atoms with Crippen LogP contribution in [0.5, 0.6) is 0 Å². The van der Waals surface area contributed by atoms with E-state index in [2.05, 4.69) is 27.4 Å². The van der Waals surface area contributed by atoms with Gasteiger partial charge in [0, 0.05) is 35.9 Å². The molecule has 0 amide bonds. The third kappa shape index (κ3) is 3.96. The Morgan fingerprint density at radius 2 is 2.28 bits per heavy atom. The fourth-order valence-electron chi connectivity index (χ4n) is 1.73. The van der Waals surface area contributed by atoms with Crippen molar-refractivity contribution in [3.8, 4) is 0 Å². The van der Waals surface area contributed by atoms with Gasteiger partial charge in [0.1, 0.15) is 0 Å². The lowest BCUT2D eigenvalue weighted by Gasteiger charge is -2.25. The summed E-state index contributed by atoms with van der Waals surface area (Å²) in [7, 11) is 1.67. The van der Waals surface area contributed by atoms with Crippen LogP contribution in [-0.2, 0) is 4.74 Å². The first kappa shape index (κ1) is 14.9. The van der Waals surface area contributed by atoms with Gasteiger partial charge in [-0.25, -0.2) is 0 Å². The predicted octanol–water partition coefficient (Wildman–Crippen LogP) is 3.29. The van der Waals surface area contributed by atoms with Gasteiger partial charge in [-0.05, 0) is 25.1 Å². The van der Waals surface area contributed by atoms with E-state index in [1.54, 1.807) is 14.0 Å². The van der Waals surface area contributed by atoms with Crippen molar-refractivity contribution in [3.05, 3.63) is 40.9 Å². The van der Waals surface area contributed by atoms with Gasteiger partial charge in [-0.1, -0.05) is 22.0 Å². The molecule has 0 bridgehead atoms. The van der Waals surface area contributed by atoms with E-state index in [1.807, 2.05) is 24.3 Å². The van der Waals surface area contributed by atoms with Crippen LogP contribution in [0.25, 0.3) is 0 Å². The third-order valence-electron chi connectivity index (χ3n) is 2.59. The van der Waals surface area contributed by atoms with Gasteiger partial charge in [0.05, 0.1) is 6.61 Å². The Morgan fingerprint density at radius 3 is 2.83 bits per heavy atom. The molecule has 0 N–H and O–H groups in total. The second-order valence-electron chi connectivity index (χ2n) is 3.95. The van der Waals surface area contributed by atoms with E-state index in [1.165, 1.54) is 0 Å². The number of ketones is 1. The van der Waals surface area contributed by atoms with Crippen molar-refractivity contribution >= 4 is 27.4 Å². The molecule has 0 aliphatic carbocycles. The number of rotatable bonds is 7. The van der Waals surface area contributed by atoms with Gasteiger partial charge in [0.25, 0.3) is 0 Å². The molecular weight excluding hydrogens is 294 g/mol. The van der Waals surface area contributed by atoms with Crippen LogP contribution in [0.3, 0.4) is 0 Å². The van der Waals surface area contributed by atoms with Crippen LogP contribution in [0.1, 0.15) is 17.3 Å². The topological polar surface area (TPSA) is 29.5 Å². The lowest BCUT2D eigenvalue weighted by molar-refractivity contribution is 0.101. The summed E-state index contributed by atoms with van der Waals surface area (Å²) in [5.41, 5.74) is 1.63. The summed E-state index contributed by atoms with van der Waals surface area (Å²) in [6, 6.07) is 5.73. The molecule has 18 heavy (non-hydrogen) atoms. The Morgan fingerprint density at radius 1 is 1.56 bits per heavy atom. The Hall–Kier alpha value is -1.13. The summed E-state index contributed by atoms with van der Waals surface area (Å²) in [4.78, 5) is 13.8. The number of halogens is 1. The number of Topliss-reactive ketones (excluding diaryl/α,β-unsaturated/α-hetero) is 1. The van der Waals surface area contributed by atoms with Crippen molar-refractivity contribution in [1.29, 1.82) is 0 Å². The zero-order valence-electron chi connectivity index (χ0n) is 10.8. The first-order valence-corrected chi connectivity index (χ1v) is 6.54. The number of carbonyl (C=O) groups is 1. The summed E-state index contributed by atoms with van der Waals surface area (Å²) >= 11 is 3.39. The first-order chi connectivity index (χ1) is 8.60. The molecule has 0 saturated heterocycles. The molecule has 0 aliphatic rings. The summed E-state index contributed by atoms with van der Waals surface area (Å²) in [5, 5.41) is 0. The Balaban J connectivity index is 3.09. The zero-order valence-corrected chi connectivity index (χ0v) is 12.4. The average molecular weight is 312 g/mol. The number of methoxy groups -OCH3 is 1. The van der Waals surface area contributed by atoms with Gasteiger partial charge in [-0.15, -0.1) is 6.58 Å². The van der Waals surface area contributed by atoms with E-state index in [0.29, 0.717) is 18.7 Å². The molecule has 0 spiro atoms. The SMILES string of the molecule is C=CCN(CCOC)c1ccc(Br)cc1C(C)=O. The van der Waals surface area contributed by atoms with Gasteiger partial charge in [-0.2, -0.15) is 0 Å². The molecule has 0 fully saturated rings. The minimum atomic E-state index is 0.0535. The third-order valence-corrected chi connectivity index (χ3v) is 3.09. The fraction of sp³-hybridized carbons (Fsp3) is 0.357. The highest BCUT2D eigenvalue weighted by Gasteiger charge is 2.13. The molecule has 0 heterocycles. The molecule has 0 aromatic heterocycles. The average Bonchev–Trinajstić information content (AvgIpc) is 2.34. The molecular formula is C14H18BrNO2. The Labute approximate surface area is 117 Å². The van der Waals surface area contributed by atoms with Crippen LogP contribution in [-0.4, -0.2) is 32.6 Å². The number of anilines is 1. The second-order valence-corrected chi connectivity index (χ2v) is 4.86. The van der Waals surface area contributed by atoms with Crippen LogP contribution in [0.15, 0.2) is 35.3 Å². The van der Waals surface area contributed by atoms with E-state index in [-0.39, 0.29) is 5.78 Å². The maximum atomic E-state index is 11.7. The standard InChI is InChI=1S/C14H18BrNO2/c1-4-7-16(8-9-18-3)14-6-5-12(15)10-13(14)11(2)17/h4-6,10H,1,7-9H2,2-3H3. The second kappa shape index (κ2) is 7.34. The highest BCUT2D eigenvalue weighted by molar-refractivity contribution is 9.10. The molecule has 98 valence electrons. The van der Waals surface area contributed by atoms with Crippen molar-refractivity contribution in [2.45, 2.75) is 6.92 Å². The lowest BCUT2D eigenvalue weighted by Crippen LogP contribution is -2.28. The number of benzene rings is 1. The van der Waals surface area contributed by atoms with E-state index >= 15 is 0 Å². The molecule has 0 aliphatic heterocycles. The first-order valence-electron chi connectivity index (χ1n) is 5.75. The van der Waals surface area contributed by atoms with Crippen LogP contribution < -0.4 is 4.90 Å². The quantitative estimate of drug-likeness (QED) is 0.571.